The van der Waals surface area contributed by atoms with Gasteiger partial charge in [-0.25, -0.2) is 0 Å². The second-order valence-corrected chi connectivity index (χ2v) is 8.01. The zero-order valence-corrected chi connectivity index (χ0v) is 17.5. The summed E-state index contributed by atoms with van der Waals surface area (Å²) in [7, 11) is 0. The molecule has 2 heteroatoms. The Morgan fingerprint density at radius 2 is 1.60 bits per heavy atom. The molecule has 0 radical (unpaired) electrons. The van der Waals surface area contributed by atoms with E-state index in [1.54, 1.807) is 6.26 Å². The number of benzene rings is 3. The van der Waals surface area contributed by atoms with Crippen LogP contribution >= 0.6 is 0 Å². The summed E-state index contributed by atoms with van der Waals surface area (Å²) in [4.78, 5) is 0. The summed E-state index contributed by atoms with van der Waals surface area (Å²) in [5.74, 6) is 0.958. The van der Waals surface area contributed by atoms with Gasteiger partial charge in [-0.3, -0.25) is 0 Å². The van der Waals surface area contributed by atoms with Gasteiger partial charge in [-0.1, -0.05) is 80.4 Å². The van der Waals surface area contributed by atoms with Crippen LogP contribution in [0.2, 0.25) is 0 Å². The number of unbranched alkanes of at least 4 members (excludes halogenated alkanes) is 2. The highest BCUT2D eigenvalue weighted by molar-refractivity contribution is 6.10. The van der Waals surface area contributed by atoms with Crippen LogP contribution in [0.5, 0.6) is 0 Å². The number of hydrogen-bond donors (Lipinski definition) is 0. The molecular formula is C28H27NO. The van der Waals surface area contributed by atoms with E-state index in [-0.39, 0.29) is 0 Å². The van der Waals surface area contributed by atoms with E-state index in [0.29, 0.717) is 0 Å². The van der Waals surface area contributed by atoms with Gasteiger partial charge in [0.1, 0.15) is 5.76 Å². The highest BCUT2D eigenvalue weighted by Gasteiger charge is 2.18. The highest BCUT2D eigenvalue weighted by atomic mass is 16.3. The summed E-state index contributed by atoms with van der Waals surface area (Å²) >= 11 is 0. The van der Waals surface area contributed by atoms with E-state index in [1.165, 1.54) is 57.8 Å². The number of hydrogen-bond acceptors (Lipinski definition) is 1. The lowest BCUT2D eigenvalue weighted by Crippen LogP contribution is -2.03. The van der Waals surface area contributed by atoms with E-state index < -0.39 is 0 Å². The maximum absolute atomic E-state index is 5.84. The first-order valence-electron chi connectivity index (χ1n) is 11.0. The van der Waals surface area contributed by atoms with Crippen molar-refractivity contribution in [2.24, 2.45) is 0 Å². The Morgan fingerprint density at radius 1 is 0.767 bits per heavy atom. The van der Waals surface area contributed by atoms with Gasteiger partial charge in [-0.05, 0) is 42.2 Å². The van der Waals surface area contributed by atoms with Crippen LogP contribution in [-0.4, -0.2) is 4.57 Å². The minimum atomic E-state index is 0.868. The summed E-state index contributed by atoms with van der Waals surface area (Å²) in [5.41, 5.74) is 6.60. The summed E-state index contributed by atoms with van der Waals surface area (Å²) in [6.45, 7) is 3.13. The lowest BCUT2D eigenvalue weighted by atomic mass is 9.96. The molecule has 3 aromatic carbocycles. The molecule has 0 spiro atoms. The fourth-order valence-corrected chi connectivity index (χ4v) is 4.62. The molecule has 0 atom stereocenters. The summed E-state index contributed by atoms with van der Waals surface area (Å²) in [6.07, 6.45) is 6.49. The van der Waals surface area contributed by atoms with Gasteiger partial charge in [0.2, 0.25) is 0 Å². The average molecular weight is 394 g/mol. The number of aryl methyl sites for hydroxylation is 1. The smallest absolute Gasteiger partial charge is 0.134 e. The standard InChI is InChI=1S/C28H27NO/c1-2-3-5-14-24-23(27-16-10-19-30-27)17-18-25-22-13-8-9-15-26(22)29(28(24)25)20-21-11-6-4-7-12-21/h4,6-13,15-19H,2-3,5,14,20H2,1H3. The number of para-hydroxylation sites is 1. The first-order chi connectivity index (χ1) is 14.9. The van der Waals surface area contributed by atoms with Crippen molar-refractivity contribution in [2.45, 2.75) is 39.2 Å². The first kappa shape index (κ1) is 18.7. The lowest BCUT2D eigenvalue weighted by molar-refractivity contribution is 0.581. The molecule has 0 aliphatic heterocycles. The maximum Gasteiger partial charge on any atom is 0.134 e. The number of rotatable bonds is 7. The largest absolute Gasteiger partial charge is 0.464 e. The van der Waals surface area contributed by atoms with E-state index >= 15 is 0 Å². The molecule has 2 aromatic heterocycles. The van der Waals surface area contributed by atoms with Crippen molar-refractivity contribution in [3.05, 3.63) is 96.3 Å². The zero-order chi connectivity index (χ0) is 20.3. The van der Waals surface area contributed by atoms with Crippen molar-refractivity contribution < 1.29 is 4.42 Å². The van der Waals surface area contributed by atoms with E-state index in [1.807, 2.05) is 6.07 Å². The molecule has 5 rings (SSSR count). The molecule has 30 heavy (non-hydrogen) atoms. The topological polar surface area (TPSA) is 18.1 Å². The molecule has 0 saturated carbocycles. The van der Waals surface area contributed by atoms with Gasteiger partial charge in [-0.2, -0.15) is 0 Å². The Bertz CT molecular complexity index is 1260. The van der Waals surface area contributed by atoms with Crippen molar-refractivity contribution in [1.82, 2.24) is 4.57 Å². The Balaban J connectivity index is 1.79. The Kier molecular flexibility index (Phi) is 5.15. The van der Waals surface area contributed by atoms with Crippen LogP contribution in [0.3, 0.4) is 0 Å². The van der Waals surface area contributed by atoms with Crippen molar-refractivity contribution in [3.63, 3.8) is 0 Å². The fraction of sp³-hybridized carbons (Fsp3) is 0.214. The monoisotopic (exact) mass is 393 g/mol. The van der Waals surface area contributed by atoms with Gasteiger partial charge >= 0.3 is 0 Å². The van der Waals surface area contributed by atoms with Gasteiger partial charge in [0, 0.05) is 28.4 Å². The molecule has 0 bridgehead atoms. The predicted molar refractivity (Wildman–Crippen MR) is 126 cm³/mol. The lowest BCUT2D eigenvalue weighted by Gasteiger charge is -2.14. The zero-order valence-electron chi connectivity index (χ0n) is 17.5. The molecule has 0 amide bonds. The van der Waals surface area contributed by atoms with Crippen molar-refractivity contribution in [1.29, 1.82) is 0 Å². The molecule has 0 aliphatic rings. The van der Waals surface area contributed by atoms with Gasteiger partial charge in [-0.15, -0.1) is 0 Å². The van der Waals surface area contributed by atoms with Gasteiger partial charge < -0.3 is 8.98 Å². The Labute approximate surface area is 177 Å². The third-order valence-electron chi connectivity index (χ3n) is 6.04. The molecular weight excluding hydrogens is 366 g/mol. The van der Waals surface area contributed by atoms with Crippen LogP contribution < -0.4 is 0 Å². The highest BCUT2D eigenvalue weighted by Crippen LogP contribution is 2.38. The van der Waals surface area contributed by atoms with Crippen LogP contribution in [-0.2, 0) is 13.0 Å². The molecule has 0 fully saturated rings. The molecule has 2 heterocycles. The van der Waals surface area contributed by atoms with Crippen LogP contribution in [0.25, 0.3) is 33.1 Å². The molecule has 0 saturated heterocycles. The van der Waals surface area contributed by atoms with Gasteiger partial charge in [0.25, 0.3) is 0 Å². The van der Waals surface area contributed by atoms with Crippen LogP contribution in [0.4, 0.5) is 0 Å². The van der Waals surface area contributed by atoms with Crippen LogP contribution in [0.15, 0.2) is 89.5 Å². The second kappa shape index (κ2) is 8.23. The molecule has 5 aromatic rings. The Morgan fingerprint density at radius 3 is 2.40 bits per heavy atom. The minimum Gasteiger partial charge on any atom is -0.464 e. The first-order valence-corrected chi connectivity index (χ1v) is 11.0. The third-order valence-corrected chi connectivity index (χ3v) is 6.04. The number of furan rings is 1. The number of nitrogens with zero attached hydrogens (tertiary/aromatic N) is 1. The van der Waals surface area contributed by atoms with E-state index in [9.17, 15) is 0 Å². The summed E-state index contributed by atoms with van der Waals surface area (Å²) < 4.78 is 8.35. The SMILES string of the molecule is CCCCCc1c(-c2ccco2)ccc2c3ccccc3n(Cc3ccccc3)c12. The Hall–Kier alpha value is -3.26. The predicted octanol–water partition coefficient (Wildman–Crippen LogP) is 7.84. The van der Waals surface area contributed by atoms with E-state index in [2.05, 4.69) is 84.3 Å². The van der Waals surface area contributed by atoms with E-state index in [0.717, 1.165) is 18.7 Å². The van der Waals surface area contributed by atoms with Crippen molar-refractivity contribution >= 4 is 21.8 Å². The normalized spacial score (nSPS) is 11.5. The van der Waals surface area contributed by atoms with Crippen LogP contribution in [0, 0.1) is 0 Å². The average Bonchev–Trinajstić information content (AvgIpc) is 3.42. The van der Waals surface area contributed by atoms with Gasteiger partial charge in [0.05, 0.1) is 11.8 Å². The third kappa shape index (κ3) is 3.33. The van der Waals surface area contributed by atoms with Crippen molar-refractivity contribution in [2.75, 3.05) is 0 Å². The van der Waals surface area contributed by atoms with Crippen molar-refractivity contribution in [3.8, 4) is 11.3 Å². The molecule has 2 nitrogen and oxygen atoms in total. The quantitative estimate of drug-likeness (QED) is 0.258. The van der Waals surface area contributed by atoms with Gasteiger partial charge in [0.15, 0.2) is 0 Å². The van der Waals surface area contributed by atoms with E-state index in [4.69, 9.17) is 4.42 Å². The molecule has 0 aliphatic carbocycles. The summed E-state index contributed by atoms with van der Waals surface area (Å²) in [6, 6.07) is 28.1. The summed E-state index contributed by atoms with van der Waals surface area (Å²) in [5, 5.41) is 2.66. The maximum atomic E-state index is 5.84. The minimum absolute atomic E-state index is 0.868. The molecule has 0 N–H and O–H groups in total. The van der Waals surface area contributed by atoms with Crippen LogP contribution in [0.1, 0.15) is 37.3 Å². The number of aromatic nitrogens is 1. The fourth-order valence-electron chi connectivity index (χ4n) is 4.62. The number of fused-ring (bicyclic) bond motifs is 3. The molecule has 0 unspecified atom stereocenters. The second-order valence-electron chi connectivity index (χ2n) is 8.01. The molecule has 150 valence electrons.